The van der Waals surface area contributed by atoms with E-state index in [1.54, 1.807) is 36.4 Å². The van der Waals surface area contributed by atoms with Crippen LogP contribution in [0, 0.1) is 0 Å². The van der Waals surface area contributed by atoms with E-state index < -0.39 is 23.0 Å². The molecular weight excluding hydrogens is 407 g/mol. The van der Waals surface area contributed by atoms with Crippen LogP contribution >= 0.6 is 0 Å². The van der Waals surface area contributed by atoms with Crippen molar-refractivity contribution in [2.75, 3.05) is 0 Å². The Kier molecular flexibility index (Phi) is 15.2. The van der Waals surface area contributed by atoms with Crippen LogP contribution in [-0.2, 0) is 17.1 Å². The summed E-state index contributed by atoms with van der Waals surface area (Å²) in [5.41, 5.74) is 0. The molecule has 0 bridgehead atoms. The Bertz CT molecular complexity index is 604. The monoisotopic (exact) mass is 421 g/mol. The molecule has 0 aliphatic rings. The summed E-state index contributed by atoms with van der Waals surface area (Å²) in [7, 11) is 0. The first-order chi connectivity index (χ1) is 11.4. The summed E-state index contributed by atoms with van der Waals surface area (Å²) in [6.45, 7) is 0. The van der Waals surface area contributed by atoms with Crippen molar-refractivity contribution >= 4 is 0 Å². The summed E-state index contributed by atoms with van der Waals surface area (Å²) in [5.74, 6) is -1.90. The van der Waals surface area contributed by atoms with Crippen LogP contribution in [0.15, 0.2) is 72.8 Å². The molecule has 1 radical (unpaired) electrons. The second kappa shape index (κ2) is 14.8. The van der Waals surface area contributed by atoms with Crippen LogP contribution in [-0.4, -0.2) is 10.2 Å². The van der Waals surface area contributed by atoms with Gasteiger partial charge >= 0.3 is 68.5 Å². The maximum absolute atomic E-state index is 10.3. The zero-order valence-corrected chi connectivity index (χ0v) is 18.0. The molecule has 8 heteroatoms. The second-order valence-corrected chi connectivity index (χ2v) is 4.38. The van der Waals surface area contributed by atoms with E-state index in [1.165, 1.54) is 36.4 Å². The first-order valence-corrected chi connectivity index (χ1v) is 6.75. The molecule has 2 N–H and O–H groups in total. The molecule has 0 atom stereocenters. The van der Waals surface area contributed by atoms with Crippen molar-refractivity contribution < 1.29 is 99.1 Å². The third-order valence-corrected chi connectivity index (χ3v) is 2.58. The van der Waals surface area contributed by atoms with Crippen molar-refractivity contribution in [2.45, 2.75) is 0 Å². The van der Waals surface area contributed by atoms with E-state index in [1.807, 2.05) is 0 Å². The van der Waals surface area contributed by atoms with Crippen molar-refractivity contribution in [3.05, 3.63) is 72.8 Å². The van der Waals surface area contributed by atoms with Crippen molar-refractivity contribution in [3.63, 3.8) is 0 Å². The van der Waals surface area contributed by atoms with Crippen LogP contribution in [0.5, 0.6) is 34.5 Å². The molecule has 26 heavy (non-hydrogen) atoms. The van der Waals surface area contributed by atoms with Gasteiger partial charge in [-0.15, -0.1) is 23.0 Å². The topological polar surface area (TPSA) is 133 Å². The Morgan fingerprint density at radius 3 is 0.808 bits per heavy atom. The standard InChI is InChI=1S/3C6H6O2.Fe.K/c3*7-5-3-1-2-4-6(5)8;;/h3*1-4,7-8H;;/q;;;+3;+1/p-4. The molecule has 3 aromatic carbocycles. The molecule has 0 aromatic heterocycles. The van der Waals surface area contributed by atoms with Crippen LogP contribution in [0.2, 0.25) is 0 Å². The minimum Gasteiger partial charge on any atom is -0.873 e. The van der Waals surface area contributed by atoms with Gasteiger partial charge in [-0.25, -0.2) is 0 Å². The number of phenolic OH excluding ortho intramolecular Hbond substituents is 2. The van der Waals surface area contributed by atoms with Crippen molar-refractivity contribution in [1.82, 2.24) is 0 Å². The average molecular weight is 421 g/mol. The number of phenols is 2. The summed E-state index contributed by atoms with van der Waals surface area (Å²) in [6.07, 6.45) is 0. The Morgan fingerprint density at radius 1 is 0.462 bits per heavy atom. The predicted molar refractivity (Wildman–Crippen MR) is 80.4 cm³/mol. The smallest absolute Gasteiger partial charge is 0.873 e. The quantitative estimate of drug-likeness (QED) is 0.312. The van der Waals surface area contributed by atoms with Gasteiger partial charge in [-0.3, -0.25) is 0 Å². The zero-order chi connectivity index (χ0) is 17.9. The predicted octanol–water partition coefficient (Wildman–Crippen LogP) is -2.23. The Labute approximate surface area is 204 Å². The van der Waals surface area contributed by atoms with Gasteiger partial charge in [0.2, 0.25) is 0 Å². The van der Waals surface area contributed by atoms with Gasteiger partial charge in [-0.2, -0.15) is 0 Å². The minimum atomic E-state index is -0.437. The number of benzene rings is 3. The summed E-state index contributed by atoms with van der Waals surface area (Å²) in [4.78, 5) is 0. The molecule has 3 rings (SSSR count). The SMILES string of the molecule is Oc1ccccc1O.[Fe+3].[K+].[O-]c1ccccc1[O-].[O-]c1ccccc1[O-]. The summed E-state index contributed by atoms with van der Waals surface area (Å²) in [6, 6.07) is 17.3. The number of rotatable bonds is 0. The summed E-state index contributed by atoms with van der Waals surface area (Å²) >= 11 is 0. The number of hydrogen-bond acceptors (Lipinski definition) is 6. The fourth-order valence-corrected chi connectivity index (χ4v) is 1.36. The zero-order valence-electron chi connectivity index (χ0n) is 13.8. The van der Waals surface area contributed by atoms with E-state index in [2.05, 4.69) is 0 Å². The fraction of sp³-hybridized carbons (Fsp3) is 0. The van der Waals surface area contributed by atoms with E-state index >= 15 is 0 Å². The van der Waals surface area contributed by atoms with Gasteiger partial charge in [0.15, 0.2) is 11.5 Å². The van der Waals surface area contributed by atoms with Crippen LogP contribution < -0.4 is 71.8 Å². The molecule has 0 unspecified atom stereocenters. The van der Waals surface area contributed by atoms with Gasteiger partial charge in [0.05, 0.1) is 0 Å². The second-order valence-electron chi connectivity index (χ2n) is 4.38. The molecular formula is C18H14FeKO6. The maximum atomic E-state index is 10.3. The largest absolute Gasteiger partial charge is 3.00 e. The van der Waals surface area contributed by atoms with E-state index in [9.17, 15) is 20.4 Å². The van der Waals surface area contributed by atoms with Crippen LogP contribution in [0.1, 0.15) is 0 Å². The first-order valence-electron chi connectivity index (χ1n) is 6.75. The molecule has 0 amide bonds. The normalized spacial score (nSPS) is 8.31. The van der Waals surface area contributed by atoms with Crippen molar-refractivity contribution in [2.24, 2.45) is 0 Å². The molecule has 0 saturated heterocycles. The fourth-order valence-electron chi connectivity index (χ4n) is 1.36. The molecule has 0 saturated carbocycles. The van der Waals surface area contributed by atoms with E-state index in [-0.39, 0.29) is 80.0 Å². The Morgan fingerprint density at radius 2 is 0.654 bits per heavy atom. The van der Waals surface area contributed by atoms with Gasteiger partial charge < -0.3 is 30.6 Å². The van der Waals surface area contributed by atoms with Crippen LogP contribution in [0.4, 0.5) is 0 Å². The van der Waals surface area contributed by atoms with E-state index in [4.69, 9.17) is 10.2 Å². The molecule has 3 aromatic rings. The number of para-hydroxylation sites is 6. The van der Waals surface area contributed by atoms with Crippen LogP contribution in [0.3, 0.4) is 0 Å². The molecule has 131 valence electrons. The third-order valence-electron chi connectivity index (χ3n) is 2.58. The molecule has 6 nitrogen and oxygen atoms in total. The van der Waals surface area contributed by atoms with E-state index in [0.29, 0.717) is 0 Å². The Hall–Kier alpha value is -1.38. The molecule has 0 aliphatic carbocycles. The number of aromatic hydroxyl groups is 2. The van der Waals surface area contributed by atoms with Gasteiger partial charge in [0, 0.05) is 0 Å². The molecule has 0 fully saturated rings. The van der Waals surface area contributed by atoms with Gasteiger partial charge in [0.25, 0.3) is 0 Å². The molecule has 0 aliphatic heterocycles. The summed E-state index contributed by atoms with van der Waals surface area (Å²) in [5, 5.41) is 58.6. The summed E-state index contributed by atoms with van der Waals surface area (Å²) < 4.78 is 0. The number of hydrogen-bond donors (Lipinski definition) is 2. The average Bonchev–Trinajstić information content (AvgIpc) is 2.57. The molecule has 0 spiro atoms. The van der Waals surface area contributed by atoms with Crippen molar-refractivity contribution in [3.8, 4) is 34.5 Å². The van der Waals surface area contributed by atoms with Crippen LogP contribution in [0.25, 0.3) is 0 Å². The third kappa shape index (κ3) is 10.6. The minimum absolute atomic E-state index is 0. The van der Waals surface area contributed by atoms with Gasteiger partial charge in [0.1, 0.15) is 0 Å². The molecule has 0 heterocycles. The van der Waals surface area contributed by atoms with E-state index in [0.717, 1.165) is 0 Å². The Balaban J connectivity index is 0. The van der Waals surface area contributed by atoms with Gasteiger partial charge in [-0.1, -0.05) is 60.7 Å². The van der Waals surface area contributed by atoms with Crippen molar-refractivity contribution in [1.29, 1.82) is 0 Å². The maximum Gasteiger partial charge on any atom is 3.00 e. The van der Waals surface area contributed by atoms with Gasteiger partial charge in [-0.05, 0) is 12.1 Å². The first kappa shape index (κ1) is 26.8.